The van der Waals surface area contributed by atoms with E-state index in [1.807, 2.05) is 20.8 Å². The Balaban J connectivity index is 2.26. The molecule has 0 aliphatic carbocycles. The van der Waals surface area contributed by atoms with E-state index in [2.05, 4.69) is 20.9 Å². The van der Waals surface area contributed by atoms with Crippen LogP contribution in [0, 0.1) is 11.8 Å². The van der Waals surface area contributed by atoms with Gasteiger partial charge in [-0.05, 0) is 45.2 Å². The second-order valence-electron chi connectivity index (χ2n) is 7.26. The molecule has 0 aromatic heterocycles. The smallest absolute Gasteiger partial charge is 0.357 e. The molecule has 1 rings (SSSR count). The lowest BCUT2D eigenvalue weighted by atomic mass is 9.93. The van der Waals surface area contributed by atoms with Gasteiger partial charge in [0.2, 0.25) is 5.91 Å². The molecule has 0 radical (unpaired) electrons. The third kappa shape index (κ3) is 11.0. The predicted molar refractivity (Wildman–Crippen MR) is 102 cm³/mol. The van der Waals surface area contributed by atoms with Gasteiger partial charge in [-0.2, -0.15) is 13.2 Å². The van der Waals surface area contributed by atoms with Crippen LogP contribution in [0.25, 0.3) is 0 Å². The Morgan fingerprint density at radius 1 is 1.15 bits per heavy atom. The summed E-state index contributed by atoms with van der Waals surface area (Å²) in [4.78, 5) is 17.5. The Morgan fingerprint density at radius 2 is 1.78 bits per heavy atom. The Hall–Kier alpha value is -1.51. The van der Waals surface area contributed by atoms with Gasteiger partial charge in [-0.3, -0.25) is 14.7 Å². The van der Waals surface area contributed by atoms with Crippen molar-refractivity contribution in [3.63, 3.8) is 0 Å². The van der Waals surface area contributed by atoms with Gasteiger partial charge in [0.15, 0.2) is 5.96 Å². The van der Waals surface area contributed by atoms with Crippen LogP contribution < -0.4 is 16.0 Å². The number of rotatable bonds is 9. The summed E-state index contributed by atoms with van der Waals surface area (Å²) in [6, 6.07) is 0. The second kappa shape index (κ2) is 12.0. The van der Waals surface area contributed by atoms with Crippen LogP contribution in [-0.2, 0) is 4.79 Å². The number of nitrogens with one attached hydrogen (secondary N) is 3. The van der Waals surface area contributed by atoms with Gasteiger partial charge in [-0.25, -0.2) is 0 Å². The monoisotopic (exact) mass is 393 g/mol. The minimum atomic E-state index is -4.11. The maximum Gasteiger partial charge on any atom is 0.401 e. The molecule has 0 saturated carbocycles. The van der Waals surface area contributed by atoms with Crippen LogP contribution in [0.1, 0.15) is 40.0 Å². The van der Waals surface area contributed by atoms with Gasteiger partial charge >= 0.3 is 6.18 Å². The number of nitrogens with zero attached hydrogens (tertiary/aromatic N) is 2. The quantitative estimate of drug-likeness (QED) is 0.318. The first kappa shape index (κ1) is 23.5. The van der Waals surface area contributed by atoms with E-state index < -0.39 is 12.7 Å². The molecule has 6 nitrogen and oxygen atoms in total. The number of alkyl halides is 3. The topological polar surface area (TPSA) is 68.8 Å². The molecule has 0 atom stereocenters. The number of aliphatic imine (C=N–C) groups is 1. The van der Waals surface area contributed by atoms with E-state index >= 15 is 0 Å². The number of carbonyl (C=O) groups excluding carboxylic acids is 1. The molecule has 0 bridgehead atoms. The van der Waals surface area contributed by atoms with Crippen molar-refractivity contribution in [3.8, 4) is 0 Å². The molecular formula is C18H34F3N5O. The fraction of sp³-hybridized carbons (Fsp3) is 0.889. The molecule has 0 aromatic rings. The fourth-order valence-electron chi connectivity index (χ4n) is 2.96. The third-order valence-electron chi connectivity index (χ3n) is 4.50. The molecule has 0 spiro atoms. The van der Waals surface area contributed by atoms with Gasteiger partial charge in [0.25, 0.3) is 0 Å². The van der Waals surface area contributed by atoms with Crippen molar-refractivity contribution in [2.75, 3.05) is 45.8 Å². The molecule has 1 aliphatic rings. The average Bonchev–Trinajstić information content (AvgIpc) is 2.58. The SMILES string of the molecule is CCNC(=NCCC1CCN(CC(F)(F)F)CC1)NCCNC(=O)C(C)C. The van der Waals surface area contributed by atoms with Crippen LogP contribution in [0.15, 0.2) is 4.99 Å². The van der Waals surface area contributed by atoms with Crippen molar-refractivity contribution in [1.82, 2.24) is 20.9 Å². The number of hydrogen-bond acceptors (Lipinski definition) is 3. The maximum absolute atomic E-state index is 12.4. The fourth-order valence-corrected chi connectivity index (χ4v) is 2.96. The van der Waals surface area contributed by atoms with Crippen LogP contribution in [0.3, 0.4) is 0 Å². The lowest BCUT2D eigenvalue weighted by Crippen LogP contribution is -2.42. The van der Waals surface area contributed by atoms with Crippen LogP contribution in [0.5, 0.6) is 0 Å². The molecule has 1 aliphatic heterocycles. The van der Waals surface area contributed by atoms with Gasteiger partial charge in [-0.15, -0.1) is 0 Å². The van der Waals surface area contributed by atoms with E-state index in [-0.39, 0.29) is 11.8 Å². The lowest BCUT2D eigenvalue weighted by molar-refractivity contribution is -0.148. The average molecular weight is 393 g/mol. The largest absolute Gasteiger partial charge is 0.401 e. The minimum Gasteiger partial charge on any atom is -0.357 e. The Morgan fingerprint density at radius 3 is 2.33 bits per heavy atom. The molecule has 1 amide bonds. The summed E-state index contributed by atoms with van der Waals surface area (Å²) in [5.41, 5.74) is 0. The molecule has 27 heavy (non-hydrogen) atoms. The molecule has 3 N–H and O–H groups in total. The van der Waals surface area contributed by atoms with Crippen molar-refractivity contribution in [2.45, 2.75) is 46.2 Å². The van der Waals surface area contributed by atoms with Gasteiger partial charge in [0, 0.05) is 32.1 Å². The summed E-state index contributed by atoms with van der Waals surface area (Å²) in [7, 11) is 0. The summed E-state index contributed by atoms with van der Waals surface area (Å²) in [5, 5.41) is 9.17. The molecule has 0 unspecified atom stereocenters. The Labute approximate surface area is 160 Å². The summed E-state index contributed by atoms with van der Waals surface area (Å²) >= 11 is 0. The van der Waals surface area contributed by atoms with E-state index in [1.165, 1.54) is 4.90 Å². The number of piperidine rings is 1. The van der Waals surface area contributed by atoms with Crippen LogP contribution in [0.2, 0.25) is 0 Å². The molecular weight excluding hydrogens is 359 g/mol. The van der Waals surface area contributed by atoms with Crippen LogP contribution in [0.4, 0.5) is 13.2 Å². The zero-order valence-electron chi connectivity index (χ0n) is 16.7. The molecule has 0 aromatic carbocycles. The maximum atomic E-state index is 12.4. The summed E-state index contributed by atoms with van der Waals surface area (Å²) in [6.45, 7) is 8.36. The summed E-state index contributed by atoms with van der Waals surface area (Å²) in [5.74, 6) is 1.11. The van der Waals surface area contributed by atoms with E-state index in [9.17, 15) is 18.0 Å². The van der Waals surface area contributed by atoms with E-state index in [0.29, 0.717) is 44.6 Å². The summed E-state index contributed by atoms with van der Waals surface area (Å²) < 4.78 is 37.2. The van der Waals surface area contributed by atoms with Crippen molar-refractivity contribution in [2.24, 2.45) is 16.8 Å². The zero-order valence-corrected chi connectivity index (χ0v) is 16.7. The number of halogens is 3. The van der Waals surface area contributed by atoms with E-state index in [0.717, 1.165) is 25.8 Å². The van der Waals surface area contributed by atoms with E-state index in [1.54, 1.807) is 0 Å². The number of amides is 1. The second-order valence-corrected chi connectivity index (χ2v) is 7.26. The van der Waals surface area contributed by atoms with Crippen molar-refractivity contribution in [1.29, 1.82) is 0 Å². The third-order valence-corrected chi connectivity index (χ3v) is 4.50. The van der Waals surface area contributed by atoms with Gasteiger partial charge < -0.3 is 16.0 Å². The van der Waals surface area contributed by atoms with Crippen LogP contribution in [-0.4, -0.2) is 68.8 Å². The van der Waals surface area contributed by atoms with Crippen molar-refractivity contribution >= 4 is 11.9 Å². The standard InChI is InChI=1S/C18H34F3N5O/c1-4-22-17(25-10-9-23-16(27)14(2)3)24-8-5-15-6-11-26(12-7-15)13-18(19,20)21/h14-15H,4-13H2,1-3H3,(H,23,27)(H2,22,24,25). The van der Waals surface area contributed by atoms with Crippen LogP contribution >= 0.6 is 0 Å². The molecule has 1 saturated heterocycles. The van der Waals surface area contributed by atoms with E-state index in [4.69, 9.17) is 0 Å². The first-order valence-corrected chi connectivity index (χ1v) is 9.80. The minimum absolute atomic E-state index is 0.0237. The number of carbonyl (C=O) groups is 1. The highest BCUT2D eigenvalue weighted by molar-refractivity contribution is 5.80. The van der Waals surface area contributed by atoms with Gasteiger partial charge in [0.1, 0.15) is 0 Å². The highest BCUT2D eigenvalue weighted by atomic mass is 19.4. The first-order valence-electron chi connectivity index (χ1n) is 9.80. The predicted octanol–water partition coefficient (Wildman–Crippen LogP) is 1.98. The molecule has 1 fully saturated rings. The first-order chi connectivity index (χ1) is 12.7. The zero-order chi connectivity index (χ0) is 20.3. The van der Waals surface area contributed by atoms with Gasteiger partial charge in [-0.1, -0.05) is 13.8 Å². The molecule has 1 heterocycles. The molecule has 9 heteroatoms. The van der Waals surface area contributed by atoms with Gasteiger partial charge in [0.05, 0.1) is 6.54 Å². The summed E-state index contributed by atoms with van der Waals surface area (Å²) in [6.07, 6.45) is -1.66. The highest BCUT2D eigenvalue weighted by Gasteiger charge is 2.32. The van der Waals surface area contributed by atoms with Crippen molar-refractivity contribution in [3.05, 3.63) is 0 Å². The number of likely N-dealkylation sites (tertiary alicyclic amines) is 1. The molecule has 158 valence electrons. The van der Waals surface area contributed by atoms with Crippen molar-refractivity contribution < 1.29 is 18.0 Å². The lowest BCUT2D eigenvalue weighted by Gasteiger charge is -2.32. The Kier molecular flexibility index (Phi) is 10.5. The Bertz CT molecular complexity index is 460. The number of hydrogen-bond donors (Lipinski definition) is 3. The normalized spacial score (nSPS) is 17.2. The highest BCUT2D eigenvalue weighted by Crippen LogP contribution is 2.24. The number of guanidine groups is 1.